The van der Waals surface area contributed by atoms with Gasteiger partial charge in [0.05, 0.1) is 0 Å². The van der Waals surface area contributed by atoms with Gasteiger partial charge in [0.1, 0.15) is 0 Å². The van der Waals surface area contributed by atoms with E-state index < -0.39 is 0 Å². The molecule has 0 aromatic heterocycles. The number of hydrogen-bond donors (Lipinski definition) is 1. The molecule has 1 heterocycles. The van der Waals surface area contributed by atoms with Crippen molar-refractivity contribution in [1.82, 2.24) is 5.32 Å². The van der Waals surface area contributed by atoms with Crippen LogP contribution in [0, 0.1) is 0 Å². The number of nitrogens with zero attached hydrogens (tertiary/aromatic N) is 1. The molecule has 0 radical (unpaired) electrons. The highest BCUT2D eigenvalue weighted by Gasteiger charge is 2.22. The standard InChI is InChI=1S/C18H27BrN2/c1-2-16-6-4-3-5-11-21(16)17-10-7-14(18(19)12-17)13-20-15-8-9-15/h7,10,12,15-16,20H,2-6,8-9,11,13H2,1H3. The lowest BCUT2D eigenvalue weighted by molar-refractivity contribution is 0.556. The summed E-state index contributed by atoms with van der Waals surface area (Å²) in [5, 5.41) is 3.60. The van der Waals surface area contributed by atoms with Crippen LogP contribution < -0.4 is 10.2 Å². The molecule has 1 saturated heterocycles. The van der Waals surface area contributed by atoms with E-state index in [2.05, 4.69) is 51.3 Å². The Hall–Kier alpha value is -0.540. The molecule has 1 aliphatic heterocycles. The lowest BCUT2D eigenvalue weighted by atomic mass is 10.1. The highest BCUT2D eigenvalue weighted by Crippen LogP contribution is 2.30. The van der Waals surface area contributed by atoms with Crippen molar-refractivity contribution in [2.45, 2.75) is 70.5 Å². The minimum atomic E-state index is 0.717. The second-order valence-corrected chi connectivity index (χ2v) is 7.39. The highest BCUT2D eigenvalue weighted by atomic mass is 79.9. The van der Waals surface area contributed by atoms with E-state index in [9.17, 15) is 0 Å². The van der Waals surface area contributed by atoms with Gasteiger partial charge in [-0.3, -0.25) is 0 Å². The molecule has 21 heavy (non-hydrogen) atoms. The van der Waals surface area contributed by atoms with Crippen molar-refractivity contribution >= 4 is 21.6 Å². The smallest absolute Gasteiger partial charge is 0.0380 e. The maximum absolute atomic E-state index is 3.78. The van der Waals surface area contributed by atoms with Gasteiger partial charge in [-0.2, -0.15) is 0 Å². The Bertz CT molecular complexity index is 470. The van der Waals surface area contributed by atoms with Gasteiger partial charge in [0.15, 0.2) is 0 Å². The van der Waals surface area contributed by atoms with Crippen LogP contribution in [0.3, 0.4) is 0 Å². The quantitative estimate of drug-likeness (QED) is 0.815. The first-order chi connectivity index (χ1) is 10.3. The van der Waals surface area contributed by atoms with E-state index >= 15 is 0 Å². The van der Waals surface area contributed by atoms with E-state index in [1.807, 2.05) is 0 Å². The van der Waals surface area contributed by atoms with Crippen molar-refractivity contribution in [2.75, 3.05) is 11.4 Å². The second kappa shape index (κ2) is 7.15. The van der Waals surface area contributed by atoms with Gasteiger partial charge in [0.2, 0.25) is 0 Å². The van der Waals surface area contributed by atoms with Crippen molar-refractivity contribution in [3.05, 3.63) is 28.2 Å². The Balaban J connectivity index is 1.72. The summed E-state index contributed by atoms with van der Waals surface area (Å²) in [7, 11) is 0. The number of benzene rings is 1. The summed E-state index contributed by atoms with van der Waals surface area (Å²) < 4.78 is 1.26. The first kappa shape index (κ1) is 15.4. The van der Waals surface area contributed by atoms with Crippen LogP contribution in [0.4, 0.5) is 5.69 Å². The predicted molar refractivity (Wildman–Crippen MR) is 93.9 cm³/mol. The van der Waals surface area contributed by atoms with E-state index in [4.69, 9.17) is 0 Å². The van der Waals surface area contributed by atoms with Crippen LogP contribution in [0.2, 0.25) is 0 Å². The predicted octanol–water partition coefficient (Wildman–Crippen LogP) is 4.86. The third-order valence-corrected chi connectivity index (χ3v) is 5.61. The van der Waals surface area contributed by atoms with E-state index in [1.54, 1.807) is 0 Å². The monoisotopic (exact) mass is 350 g/mol. The van der Waals surface area contributed by atoms with Gasteiger partial charge in [-0.1, -0.05) is 41.8 Å². The minimum absolute atomic E-state index is 0.717. The highest BCUT2D eigenvalue weighted by molar-refractivity contribution is 9.10. The zero-order valence-corrected chi connectivity index (χ0v) is 14.7. The number of nitrogens with one attached hydrogen (secondary N) is 1. The number of hydrogen-bond acceptors (Lipinski definition) is 2. The van der Waals surface area contributed by atoms with Gasteiger partial charge in [-0.25, -0.2) is 0 Å². The first-order valence-corrected chi connectivity index (χ1v) is 9.35. The lowest BCUT2D eigenvalue weighted by Gasteiger charge is -2.32. The van der Waals surface area contributed by atoms with Crippen LogP contribution in [-0.4, -0.2) is 18.6 Å². The summed E-state index contributed by atoms with van der Waals surface area (Å²) in [6.07, 6.45) is 9.40. The van der Waals surface area contributed by atoms with E-state index in [-0.39, 0.29) is 0 Å². The Labute approximate surface area is 137 Å². The maximum atomic E-state index is 3.78. The summed E-state index contributed by atoms with van der Waals surface area (Å²) in [6.45, 7) is 4.53. The normalized spacial score (nSPS) is 23.1. The second-order valence-electron chi connectivity index (χ2n) is 6.54. The van der Waals surface area contributed by atoms with Crippen LogP contribution in [0.25, 0.3) is 0 Å². The molecule has 1 saturated carbocycles. The van der Waals surface area contributed by atoms with Crippen LogP contribution in [0.5, 0.6) is 0 Å². The van der Waals surface area contributed by atoms with Crippen LogP contribution in [0.15, 0.2) is 22.7 Å². The molecule has 3 rings (SSSR count). The molecule has 0 spiro atoms. The largest absolute Gasteiger partial charge is 0.369 e. The molecule has 2 aliphatic rings. The number of halogens is 1. The molecule has 0 amide bonds. The van der Waals surface area contributed by atoms with Gasteiger partial charge in [-0.15, -0.1) is 0 Å². The Morgan fingerprint density at radius 3 is 2.76 bits per heavy atom. The molecule has 2 nitrogen and oxygen atoms in total. The molecule has 1 aromatic carbocycles. The molecular weight excluding hydrogens is 324 g/mol. The first-order valence-electron chi connectivity index (χ1n) is 8.56. The Kier molecular flexibility index (Phi) is 5.23. The molecule has 1 unspecified atom stereocenters. The Morgan fingerprint density at radius 2 is 2.05 bits per heavy atom. The van der Waals surface area contributed by atoms with Crippen molar-refractivity contribution in [3.63, 3.8) is 0 Å². The number of rotatable bonds is 5. The van der Waals surface area contributed by atoms with Gasteiger partial charge in [0, 0.05) is 35.3 Å². The molecular formula is C18H27BrN2. The van der Waals surface area contributed by atoms with Crippen LogP contribution in [0.1, 0.15) is 57.4 Å². The lowest BCUT2D eigenvalue weighted by Crippen LogP contribution is -2.34. The molecule has 0 bridgehead atoms. The van der Waals surface area contributed by atoms with E-state index in [0.29, 0.717) is 0 Å². The van der Waals surface area contributed by atoms with Gasteiger partial charge in [-0.05, 0) is 49.8 Å². The minimum Gasteiger partial charge on any atom is -0.369 e. The van der Waals surface area contributed by atoms with Crippen LogP contribution in [-0.2, 0) is 6.54 Å². The molecule has 1 aromatic rings. The fourth-order valence-corrected chi connectivity index (χ4v) is 3.85. The zero-order valence-electron chi connectivity index (χ0n) is 13.1. The van der Waals surface area contributed by atoms with E-state index in [0.717, 1.165) is 18.6 Å². The molecule has 1 aliphatic carbocycles. The summed E-state index contributed by atoms with van der Waals surface area (Å²) in [5.41, 5.74) is 2.78. The summed E-state index contributed by atoms with van der Waals surface area (Å²) in [5.74, 6) is 0. The van der Waals surface area contributed by atoms with Crippen molar-refractivity contribution < 1.29 is 0 Å². The fraction of sp³-hybridized carbons (Fsp3) is 0.667. The SMILES string of the molecule is CCC1CCCCCN1c1ccc(CNC2CC2)c(Br)c1. The molecule has 2 fully saturated rings. The Morgan fingerprint density at radius 1 is 1.19 bits per heavy atom. The average molecular weight is 351 g/mol. The van der Waals surface area contributed by atoms with Crippen molar-refractivity contribution in [1.29, 1.82) is 0 Å². The molecule has 3 heteroatoms. The molecule has 116 valence electrons. The van der Waals surface area contributed by atoms with Crippen molar-refractivity contribution in [2.24, 2.45) is 0 Å². The van der Waals surface area contributed by atoms with Gasteiger partial charge in [0.25, 0.3) is 0 Å². The zero-order chi connectivity index (χ0) is 14.7. The van der Waals surface area contributed by atoms with E-state index in [1.165, 1.54) is 67.2 Å². The third kappa shape index (κ3) is 4.01. The third-order valence-electron chi connectivity index (χ3n) is 4.88. The fourth-order valence-electron chi connectivity index (χ4n) is 3.34. The van der Waals surface area contributed by atoms with Gasteiger partial charge >= 0.3 is 0 Å². The molecule has 1 atom stereocenters. The molecule has 1 N–H and O–H groups in total. The van der Waals surface area contributed by atoms with Gasteiger partial charge < -0.3 is 10.2 Å². The number of anilines is 1. The average Bonchev–Trinajstić information content (AvgIpc) is 3.32. The summed E-state index contributed by atoms with van der Waals surface area (Å²) in [4.78, 5) is 2.63. The van der Waals surface area contributed by atoms with Crippen molar-refractivity contribution in [3.8, 4) is 0 Å². The summed E-state index contributed by atoms with van der Waals surface area (Å²) >= 11 is 3.78. The maximum Gasteiger partial charge on any atom is 0.0380 e. The summed E-state index contributed by atoms with van der Waals surface area (Å²) in [6, 6.07) is 8.44. The van der Waals surface area contributed by atoms with Crippen LogP contribution >= 0.6 is 15.9 Å². The topological polar surface area (TPSA) is 15.3 Å².